The molecule has 0 spiro atoms. The highest BCUT2D eigenvalue weighted by Crippen LogP contribution is 2.32. The maximum absolute atomic E-state index is 13.3. The van der Waals surface area contributed by atoms with Gasteiger partial charge in [-0.1, -0.05) is 17.4 Å². The molecule has 0 saturated heterocycles. The van der Waals surface area contributed by atoms with Crippen molar-refractivity contribution in [3.63, 3.8) is 0 Å². The topological polar surface area (TPSA) is 54.3 Å². The lowest BCUT2D eigenvalue weighted by Gasteiger charge is -2.22. The summed E-state index contributed by atoms with van der Waals surface area (Å²) in [6.07, 6.45) is 1.73. The van der Waals surface area contributed by atoms with Crippen LogP contribution in [0.25, 0.3) is 10.2 Å². The molecular formula is C19H25N5OS. The molecule has 0 N–H and O–H groups in total. The zero-order valence-corrected chi connectivity index (χ0v) is 17.0. The van der Waals surface area contributed by atoms with E-state index in [1.54, 1.807) is 34.2 Å². The fourth-order valence-electron chi connectivity index (χ4n) is 3.04. The minimum absolute atomic E-state index is 0.0576. The molecule has 1 amide bonds. The molecule has 0 atom stereocenters. The summed E-state index contributed by atoms with van der Waals surface area (Å²) in [5, 5.41) is 4.96. The number of amides is 1. The molecule has 2 heterocycles. The van der Waals surface area contributed by atoms with Gasteiger partial charge in [0.25, 0.3) is 5.91 Å². The van der Waals surface area contributed by atoms with E-state index in [2.05, 4.69) is 36.0 Å². The van der Waals surface area contributed by atoms with Gasteiger partial charge in [-0.15, -0.1) is 0 Å². The van der Waals surface area contributed by atoms with Crippen LogP contribution in [0.15, 0.2) is 18.3 Å². The van der Waals surface area contributed by atoms with Crippen molar-refractivity contribution in [2.45, 2.75) is 20.8 Å². The summed E-state index contributed by atoms with van der Waals surface area (Å²) < 4.78 is 2.75. The van der Waals surface area contributed by atoms with Crippen molar-refractivity contribution in [3.05, 3.63) is 40.7 Å². The lowest BCUT2D eigenvalue weighted by atomic mass is 10.1. The van der Waals surface area contributed by atoms with Crippen LogP contribution in [0.4, 0.5) is 5.13 Å². The van der Waals surface area contributed by atoms with Gasteiger partial charge in [0.05, 0.1) is 16.4 Å². The van der Waals surface area contributed by atoms with E-state index in [0.717, 1.165) is 33.0 Å². The normalized spacial score (nSPS) is 11.5. The monoisotopic (exact) mass is 371 g/mol. The third-order valence-corrected chi connectivity index (χ3v) is 5.42. The Morgan fingerprint density at radius 3 is 2.50 bits per heavy atom. The summed E-state index contributed by atoms with van der Waals surface area (Å²) in [5.74, 6) is -0.0576. The number of nitrogens with zero attached hydrogens (tertiary/aromatic N) is 5. The predicted molar refractivity (Wildman–Crippen MR) is 107 cm³/mol. The van der Waals surface area contributed by atoms with Gasteiger partial charge in [0.2, 0.25) is 0 Å². The number of fused-ring (bicyclic) bond motifs is 1. The number of aryl methyl sites for hydroxylation is 4. The number of carbonyl (C=O) groups is 1. The number of thiazole rings is 1. The Hall–Kier alpha value is -2.25. The molecule has 0 radical (unpaired) electrons. The van der Waals surface area contributed by atoms with E-state index in [0.29, 0.717) is 12.2 Å². The zero-order chi connectivity index (χ0) is 19.0. The Bertz CT molecular complexity index is 937. The molecule has 3 aromatic rings. The van der Waals surface area contributed by atoms with Gasteiger partial charge in [0.1, 0.15) is 5.69 Å². The molecular weight excluding hydrogens is 346 g/mol. The van der Waals surface area contributed by atoms with Crippen LogP contribution >= 0.6 is 11.3 Å². The molecule has 0 aliphatic carbocycles. The number of rotatable bonds is 5. The van der Waals surface area contributed by atoms with E-state index in [-0.39, 0.29) is 5.91 Å². The van der Waals surface area contributed by atoms with Crippen LogP contribution < -0.4 is 4.90 Å². The van der Waals surface area contributed by atoms with E-state index < -0.39 is 0 Å². The third kappa shape index (κ3) is 3.50. The highest BCUT2D eigenvalue weighted by molar-refractivity contribution is 7.22. The van der Waals surface area contributed by atoms with E-state index in [9.17, 15) is 4.79 Å². The van der Waals surface area contributed by atoms with Gasteiger partial charge in [-0.2, -0.15) is 5.10 Å². The van der Waals surface area contributed by atoms with Crippen molar-refractivity contribution in [1.29, 1.82) is 0 Å². The van der Waals surface area contributed by atoms with Crippen LogP contribution in [0.3, 0.4) is 0 Å². The number of hydrogen-bond acceptors (Lipinski definition) is 5. The van der Waals surface area contributed by atoms with Gasteiger partial charge in [-0.05, 0) is 57.6 Å². The number of anilines is 1. The molecule has 0 aliphatic rings. The number of aromatic nitrogens is 3. The first-order valence-corrected chi connectivity index (χ1v) is 9.42. The first-order chi connectivity index (χ1) is 12.3. The molecule has 3 rings (SSSR count). The van der Waals surface area contributed by atoms with Crippen molar-refractivity contribution in [2.24, 2.45) is 7.05 Å². The summed E-state index contributed by atoms with van der Waals surface area (Å²) in [5.41, 5.74) is 4.80. The minimum atomic E-state index is -0.0576. The Morgan fingerprint density at radius 2 is 1.88 bits per heavy atom. The largest absolute Gasteiger partial charge is 0.308 e. The van der Waals surface area contributed by atoms with Crippen molar-refractivity contribution in [2.75, 3.05) is 32.1 Å². The van der Waals surface area contributed by atoms with Crippen LogP contribution in [0, 0.1) is 20.8 Å². The maximum Gasteiger partial charge on any atom is 0.278 e. The summed E-state index contributed by atoms with van der Waals surface area (Å²) in [6.45, 7) is 7.40. The fourth-order valence-corrected chi connectivity index (χ4v) is 4.21. The quantitative estimate of drug-likeness (QED) is 0.691. The van der Waals surface area contributed by atoms with Gasteiger partial charge in [-0.3, -0.25) is 14.4 Å². The van der Waals surface area contributed by atoms with Crippen LogP contribution in [0.2, 0.25) is 0 Å². The Labute approximate surface area is 158 Å². The molecule has 0 saturated carbocycles. The molecule has 2 aromatic heterocycles. The van der Waals surface area contributed by atoms with Crippen LogP contribution in [-0.4, -0.2) is 52.8 Å². The summed E-state index contributed by atoms with van der Waals surface area (Å²) in [6, 6.07) is 4.26. The average molecular weight is 372 g/mol. The van der Waals surface area contributed by atoms with Gasteiger partial charge in [0, 0.05) is 20.1 Å². The molecule has 1 aromatic carbocycles. The number of benzene rings is 1. The fraction of sp³-hybridized carbons (Fsp3) is 0.421. The SMILES string of the molecule is Cc1cc(C)c2nc(N(CCN(C)C)C(=O)c3c(C)cnn3C)sc2c1. The highest BCUT2D eigenvalue weighted by Gasteiger charge is 2.25. The molecule has 0 fully saturated rings. The second-order valence-electron chi connectivity index (χ2n) is 6.98. The van der Waals surface area contributed by atoms with Crippen LogP contribution in [0.5, 0.6) is 0 Å². The lowest BCUT2D eigenvalue weighted by Crippen LogP contribution is -2.38. The molecule has 0 unspecified atom stereocenters. The van der Waals surface area contributed by atoms with Crippen LogP contribution in [-0.2, 0) is 7.05 Å². The smallest absolute Gasteiger partial charge is 0.278 e. The second-order valence-corrected chi connectivity index (χ2v) is 7.99. The third-order valence-electron chi connectivity index (χ3n) is 4.39. The minimum Gasteiger partial charge on any atom is -0.308 e. The predicted octanol–water partition coefficient (Wildman–Crippen LogP) is 3.16. The summed E-state index contributed by atoms with van der Waals surface area (Å²) in [7, 11) is 5.81. The number of likely N-dealkylation sites (N-methyl/N-ethyl adjacent to an activating group) is 1. The Kier molecular flexibility index (Phi) is 5.11. The van der Waals surface area contributed by atoms with Crippen LogP contribution in [0.1, 0.15) is 27.2 Å². The first kappa shape index (κ1) is 18.5. The number of carbonyl (C=O) groups excluding carboxylic acids is 1. The lowest BCUT2D eigenvalue weighted by molar-refractivity contribution is 0.0975. The maximum atomic E-state index is 13.3. The van der Waals surface area contributed by atoms with E-state index in [1.807, 2.05) is 21.0 Å². The molecule has 0 aliphatic heterocycles. The number of hydrogen-bond donors (Lipinski definition) is 0. The first-order valence-electron chi connectivity index (χ1n) is 8.61. The van der Waals surface area contributed by atoms with Crippen molar-refractivity contribution < 1.29 is 4.79 Å². The standard InChI is InChI=1S/C19H25N5OS/c1-12-9-13(2)16-15(10-12)26-19(21-16)24(8-7-22(4)5)18(25)17-14(3)11-20-23(17)6/h9-11H,7-8H2,1-6H3. The van der Waals surface area contributed by atoms with E-state index >= 15 is 0 Å². The molecule has 7 heteroatoms. The molecule has 6 nitrogen and oxygen atoms in total. The Balaban J connectivity index is 2.06. The summed E-state index contributed by atoms with van der Waals surface area (Å²) in [4.78, 5) is 21.9. The molecule has 26 heavy (non-hydrogen) atoms. The second kappa shape index (κ2) is 7.17. The molecule has 0 bridgehead atoms. The highest BCUT2D eigenvalue weighted by atomic mass is 32.1. The average Bonchev–Trinajstić information content (AvgIpc) is 3.10. The summed E-state index contributed by atoms with van der Waals surface area (Å²) >= 11 is 1.57. The Morgan fingerprint density at radius 1 is 1.15 bits per heavy atom. The van der Waals surface area contributed by atoms with Gasteiger partial charge < -0.3 is 4.90 Å². The van der Waals surface area contributed by atoms with Gasteiger partial charge in [-0.25, -0.2) is 4.98 Å². The van der Waals surface area contributed by atoms with Crippen molar-refractivity contribution >= 4 is 32.6 Å². The molecule has 138 valence electrons. The van der Waals surface area contributed by atoms with Crippen molar-refractivity contribution in [3.8, 4) is 0 Å². The van der Waals surface area contributed by atoms with Gasteiger partial charge >= 0.3 is 0 Å². The van der Waals surface area contributed by atoms with E-state index in [1.165, 1.54) is 5.56 Å². The van der Waals surface area contributed by atoms with Crippen molar-refractivity contribution in [1.82, 2.24) is 19.7 Å². The van der Waals surface area contributed by atoms with E-state index in [4.69, 9.17) is 4.98 Å². The zero-order valence-electron chi connectivity index (χ0n) is 16.2. The van der Waals surface area contributed by atoms with Gasteiger partial charge in [0.15, 0.2) is 5.13 Å².